The van der Waals surface area contributed by atoms with Crippen LogP contribution in [-0.2, 0) is 17.5 Å². The molecule has 0 aliphatic carbocycles. The van der Waals surface area contributed by atoms with Gasteiger partial charge in [0, 0.05) is 24.9 Å². The first-order chi connectivity index (χ1) is 11.6. The minimum Gasteiger partial charge on any atom is -0.350 e. The second-order valence-corrected chi connectivity index (χ2v) is 6.09. The molecule has 4 nitrogen and oxygen atoms in total. The molecule has 1 aromatic heterocycles. The molecule has 1 amide bonds. The summed E-state index contributed by atoms with van der Waals surface area (Å²) in [5.74, 6) is -0.544. The molecule has 2 rings (SSSR count). The third kappa shape index (κ3) is 4.58. The molecule has 8 heteroatoms. The van der Waals surface area contributed by atoms with E-state index in [1.54, 1.807) is 23.9 Å². The molecular formula is C17H19F4N3O. The molecule has 25 heavy (non-hydrogen) atoms. The first-order valence-corrected chi connectivity index (χ1v) is 7.76. The van der Waals surface area contributed by atoms with Crippen LogP contribution in [0.15, 0.2) is 30.6 Å². The van der Waals surface area contributed by atoms with Gasteiger partial charge in [-0.2, -0.15) is 13.2 Å². The van der Waals surface area contributed by atoms with Crippen molar-refractivity contribution in [1.82, 2.24) is 14.9 Å². The summed E-state index contributed by atoms with van der Waals surface area (Å²) in [6.07, 6.45) is -1.39. The van der Waals surface area contributed by atoms with E-state index in [4.69, 9.17) is 0 Å². The monoisotopic (exact) mass is 357 g/mol. The number of aromatic nitrogens is 2. The molecule has 0 aliphatic rings. The molecule has 0 saturated heterocycles. The quantitative estimate of drug-likeness (QED) is 0.821. The number of alkyl halides is 3. The van der Waals surface area contributed by atoms with E-state index in [1.165, 1.54) is 0 Å². The van der Waals surface area contributed by atoms with Gasteiger partial charge in [-0.3, -0.25) is 4.79 Å². The molecule has 1 heterocycles. The van der Waals surface area contributed by atoms with Crippen molar-refractivity contribution >= 4 is 5.91 Å². The average Bonchev–Trinajstić information content (AvgIpc) is 3.00. The van der Waals surface area contributed by atoms with Crippen LogP contribution in [0.3, 0.4) is 0 Å². The van der Waals surface area contributed by atoms with Gasteiger partial charge in [-0.05, 0) is 30.7 Å². The van der Waals surface area contributed by atoms with Gasteiger partial charge in [-0.1, -0.05) is 13.8 Å². The van der Waals surface area contributed by atoms with Crippen molar-refractivity contribution in [2.24, 2.45) is 0 Å². The summed E-state index contributed by atoms with van der Waals surface area (Å²) in [7, 11) is 0. The third-order valence-electron chi connectivity index (χ3n) is 3.76. The molecule has 0 fully saturated rings. The maximum atomic E-state index is 13.4. The Labute approximate surface area is 142 Å². The Bertz CT molecular complexity index is 753. The Hall–Kier alpha value is -2.38. The largest absolute Gasteiger partial charge is 0.416 e. The molecule has 2 aromatic rings. The lowest BCUT2D eigenvalue weighted by atomic mass is 10.1. The molecule has 136 valence electrons. The number of halogens is 4. The summed E-state index contributed by atoms with van der Waals surface area (Å²) in [6, 6.07) is 1.63. The smallest absolute Gasteiger partial charge is 0.350 e. The van der Waals surface area contributed by atoms with Gasteiger partial charge in [0.1, 0.15) is 17.7 Å². The van der Waals surface area contributed by atoms with Gasteiger partial charge in [0.15, 0.2) is 0 Å². The number of carbonyl (C=O) groups excluding carboxylic acids is 1. The fourth-order valence-electron chi connectivity index (χ4n) is 2.48. The first-order valence-electron chi connectivity index (χ1n) is 7.76. The molecule has 0 aliphatic heterocycles. The van der Waals surface area contributed by atoms with Gasteiger partial charge < -0.3 is 9.88 Å². The van der Waals surface area contributed by atoms with Crippen LogP contribution < -0.4 is 5.32 Å². The molecule has 1 aromatic carbocycles. The molecule has 0 bridgehead atoms. The average molecular weight is 357 g/mol. The van der Waals surface area contributed by atoms with Crippen molar-refractivity contribution in [1.29, 1.82) is 0 Å². The van der Waals surface area contributed by atoms with Crippen LogP contribution in [-0.4, -0.2) is 15.5 Å². The number of nitrogens with one attached hydrogen (secondary N) is 1. The minimum atomic E-state index is -4.64. The number of benzene rings is 1. The standard InChI is InChI=1S/C17H19F4N3O/c1-10(2)15-22-4-5-24(15)11(3)16(25)23-9-12-6-13(17(19,20)21)8-14(18)7-12/h4-8,10-11H,9H2,1-3H3,(H,23,25). The Morgan fingerprint density at radius 3 is 2.52 bits per heavy atom. The lowest BCUT2D eigenvalue weighted by Gasteiger charge is -2.18. The molecular weight excluding hydrogens is 338 g/mol. The Morgan fingerprint density at radius 2 is 1.92 bits per heavy atom. The Morgan fingerprint density at radius 1 is 1.24 bits per heavy atom. The molecule has 1 N–H and O–H groups in total. The fourth-order valence-corrected chi connectivity index (χ4v) is 2.48. The van der Waals surface area contributed by atoms with Crippen LogP contribution in [0, 0.1) is 5.82 Å². The third-order valence-corrected chi connectivity index (χ3v) is 3.76. The molecule has 0 spiro atoms. The molecule has 1 atom stereocenters. The van der Waals surface area contributed by atoms with Gasteiger partial charge >= 0.3 is 6.18 Å². The van der Waals surface area contributed by atoms with Crippen LogP contribution in [0.2, 0.25) is 0 Å². The van der Waals surface area contributed by atoms with E-state index >= 15 is 0 Å². The zero-order chi connectivity index (χ0) is 18.8. The summed E-state index contributed by atoms with van der Waals surface area (Å²) >= 11 is 0. The van der Waals surface area contributed by atoms with Gasteiger partial charge in [0.2, 0.25) is 5.91 Å². The lowest BCUT2D eigenvalue weighted by Crippen LogP contribution is -2.31. The van der Waals surface area contributed by atoms with E-state index in [2.05, 4.69) is 10.3 Å². The van der Waals surface area contributed by atoms with Crippen LogP contribution >= 0.6 is 0 Å². The maximum absolute atomic E-state index is 13.4. The number of nitrogens with zero attached hydrogens (tertiary/aromatic N) is 2. The summed E-state index contributed by atoms with van der Waals surface area (Å²) in [6.45, 7) is 5.34. The van der Waals surface area contributed by atoms with Crippen LogP contribution in [0.4, 0.5) is 17.6 Å². The van der Waals surface area contributed by atoms with E-state index in [-0.39, 0.29) is 18.0 Å². The zero-order valence-corrected chi connectivity index (χ0v) is 14.1. The molecule has 0 radical (unpaired) electrons. The van der Waals surface area contributed by atoms with Gasteiger partial charge in [-0.25, -0.2) is 9.37 Å². The highest BCUT2D eigenvalue weighted by Gasteiger charge is 2.31. The van der Waals surface area contributed by atoms with E-state index < -0.39 is 29.5 Å². The predicted molar refractivity (Wildman–Crippen MR) is 84.3 cm³/mol. The number of carbonyl (C=O) groups is 1. The first kappa shape index (κ1) is 19.0. The highest BCUT2D eigenvalue weighted by atomic mass is 19.4. The Balaban J connectivity index is 2.09. The Kier molecular flexibility index (Phi) is 5.49. The van der Waals surface area contributed by atoms with Crippen molar-refractivity contribution in [2.75, 3.05) is 0 Å². The zero-order valence-electron chi connectivity index (χ0n) is 14.1. The highest BCUT2D eigenvalue weighted by Crippen LogP contribution is 2.30. The van der Waals surface area contributed by atoms with E-state index in [9.17, 15) is 22.4 Å². The number of imidazole rings is 1. The van der Waals surface area contributed by atoms with Gasteiger partial charge in [0.05, 0.1) is 5.56 Å². The van der Waals surface area contributed by atoms with E-state index in [0.29, 0.717) is 6.07 Å². The van der Waals surface area contributed by atoms with Gasteiger partial charge in [0.25, 0.3) is 0 Å². The number of rotatable bonds is 5. The van der Waals surface area contributed by atoms with Gasteiger partial charge in [-0.15, -0.1) is 0 Å². The fraction of sp³-hybridized carbons (Fsp3) is 0.412. The number of hydrogen-bond acceptors (Lipinski definition) is 2. The van der Waals surface area contributed by atoms with Crippen molar-refractivity contribution in [3.05, 3.63) is 53.4 Å². The highest BCUT2D eigenvalue weighted by molar-refractivity contribution is 5.80. The van der Waals surface area contributed by atoms with E-state index in [0.717, 1.165) is 18.0 Å². The second-order valence-electron chi connectivity index (χ2n) is 6.09. The van der Waals surface area contributed by atoms with Crippen molar-refractivity contribution < 1.29 is 22.4 Å². The predicted octanol–water partition coefficient (Wildman–Crippen LogP) is 4.04. The minimum absolute atomic E-state index is 0.0441. The van der Waals surface area contributed by atoms with E-state index in [1.807, 2.05) is 13.8 Å². The summed E-state index contributed by atoms with van der Waals surface area (Å²) in [4.78, 5) is 16.5. The topological polar surface area (TPSA) is 46.9 Å². The number of hydrogen-bond donors (Lipinski definition) is 1. The van der Waals surface area contributed by atoms with Crippen molar-refractivity contribution in [3.63, 3.8) is 0 Å². The van der Waals surface area contributed by atoms with Crippen LogP contribution in [0.5, 0.6) is 0 Å². The summed E-state index contributed by atoms with van der Waals surface area (Å²) < 4.78 is 53.2. The summed E-state index contributed by atoms with van der Waals surface area (Å²) in [5.41, 5.74) is -1.04. The normalized spacial score (nSPS) is 13.1. The maximum Gasteiger partial charge on any atom is 0.416 e. The van der Waals surface area contributed by atoms with Crippen molar-refractivity contribution in [3.8, 4) is 0 Å². The van der Waals surface area contributed by atoms with Crippen molar-refractivity contribution in [2.45, 2.75) is 45.5 Å². The lowest BCUT2D eigenvalue weighted by molar-refractivity contribution is -0.137. The molecule has 0 saturated carbocycles. The van der Waals surface area contributed by atoms with Crippen LogP contribution in [0.25, 0.3) is 0 Å². The SMILES string of the molecule is CC(C)c1nccn1C(C)C(=O)NCc1cc(F)cc(C(F)(F)F)c1. The second kappa shape index (κ2) is 7.25. The summed E-state index contributed by atoms with van der Waals surface area (Å²) in [5, 5.41) is 2.54. The van der Waals surface area contributed by atoms with Crippen LogP contribution in [0.1, 0.15) is 49.7 Å². The number of amides is 1. The molecule has 1 unspecified atom stereocenters.